The summed E-state index contributed by atoms with van der Waals surface area (Å²) < 4.78 is 0. The first kappa shape index (κ1) is 15.3. The Morgan fingerprint density at radius 3 is 2.79 bits per heavy atom. The average Bonchev–Trinajstić information content (AvgIpc) is 2.72. The lowest BCUT2D eigenvalue weighted by Crippen LogP contribution is -2.46. The molecule has 2 atom stereocenters. The van der Waals surface area contributed by atoms with Crippen LogP contribution in [0.15, 0.2) is 0 Å². The van der Waals surface area contributed by atoms with Crippen molar-refractivity contribution in [2.45, 2.75) is 51.1 Å². The van der Waals surface area contributed by atoms with Crippen LogP contribution >= 0.6 is 0 Å². The van der Waals surface area contributed by atoms with Crippen LogP contribution in [0.3, 0.4) is 0 Å². The minimum Gasteiger partial charge on any atom is -0.481 e. The van der Waals surface area contributed by atoms with Crippen molar-refractivity contribution in [2.24, 2.45) is 0 Å². The largest absolute Gasteiger partial charge is 0.481 e. The molecular weight excluding hydrogens is 250 g/mol. The van der Waals surface area contributed by atoms with Crippen LogP contribution in [0, 0.1) is 0 Å². The molecule has 0 bridgehead atoms. The van der Waals surface area contributed by atoms with Gasteiger partial charge in [0.2, 0.25) is 5.91 Å². The van der Waals surface area contributed by atoms with E-state index >= 15 is 0 Å². The first-order valence-electron chi connectivity index (χ1n) is 6.56. The van der Waals surface area contributed by atoms with Gasteiger partial charge in [0.05, 0.1) is 6.42 Å². The van der Waals surface area contributed by atoms with Crippen LogP contribution in [0.5, 0.6) is 0 Å². The third-order valence-corrected chi connectivity index (χ3v) is 2.99. The second-order valence-corrected chi connectivity index (χ2v) is 4.74. The minimum atomic E-state index is -0.929. The van der Waals surface area contributed by atoms with Gasteiger partial charge in [0.1, 0.15) is 0 Å². The lowest BCUT2D eigenvalue weighted by Gasteiger charge is -2.18. The highest BCUT2D eigenvalue weighted by Gasteiger charge is 2.21. The molecule has 1 rings (SSSR count). The topological polar surface area (TPSA) is 108 Å². The number of nitrogens with one attached hydrogen (secondary N) is 3. The number of urea groups is 1. The van der Waals surface area contributed by atoms with E-state index in [0.717, 1.165) is 6.42 Å². The lowest BCUT2D eigenvalue weighted by molar-refractivity contribution is -0.137. The van der Waals surface area contributed by atoms with E-state index in [9.17, 15) is 14.4 Å². The maximum atomic E-state index is 11.6. The van der Waals surface area contributed by atoms with Gasteiger partial charge in [-0.15, -0.1) is 0 Å². The van der Waals surface area contributed by atoms with Gasteiger partial charge in [-0.2, -0.15) is 0 Å². The van der Waals surface area contributed by atoms with E-state index in [1.165, 1.54) is 0 Å². The van der Waals surface area contributed by atoms with Crippen molar-refractivity contribution in [3.8, 4) is 0 Å². The fourth-order valence-corrected chi connectivity index (χ4v) is 2.07. The molecule has 1 saturated heterocycles. The molecule has 7 heteroatoms. The van der Waals surface area contributed by atoms with Crippen LogP contribution < -0.4 is 16.0 Å². The normalized spacial score (nSPS) is 19.6. The Hall–Kier alpha value is -1.79. The molecule has 2 unspecified atom stereocenters. The summed E-state index contributed by atoms with van der Waals surface area (Å²) in [4.78, 5) is 33.2. The molecule has 7 nitrogen and oxygen atoms in total. The quantitative estimate of drug-likeness (QED) is 0.530. The molecule has 0 aliphatic carbocycles. The number of rotatable bonds is 7. The Balaban J connectivity index is 2.27. The molecule has 0 spiro atoms. The second-order valence-electron chi connectivity index (χ2n) is 4.74. The summed E-state index contributed by atoms with van der Waals surface area (Å²) in [5, 5.41) is 16.8. The summed E-state index contributed by atoms with van der Waals surface area (Å²) in [6.45, 7) is 2.30. The van der Waals surface area contributed by atoms with Crippen LogP contribution in [0.25, 0.3) is 0 Å². The molecular formula is C12H21N3O4. The smallest absolute Gasteiger partial charge is 0.315 e. The number of amides is 3. The molecule has 4 N–H and O–H groups in total. The molecule has 1 aliphatic heterocycles. The SMILES string of the molecule is CCCC(CC(=O)O)NC(=O)NCC1CCC(=O)N1. The van der Waals surface area contributed by atoms with Gasteiger partial charge in [0, 0.05) is 25.0 Å². The fraction of sp³-hybridized carbons (Fsp3) is 0.750. The van der Waals surface area contributed by atoms with Crippen molar-refractivity contribution in [3.63, 3.8) is 0 Å². The number of carboxylic acids is 1. The Kier molecular flexibility index (Phi) is 6.11. The van der Waals surface area contributed by atoms with E-state index in [4.69, 9.17) is 5.11 Å². The molecule has 1 heterocycles. The van der Waals surface area contributed by atoms with Crippen molar-refractivity contribution in [1.29, 1.82) is 0 Å². The van der Waals surface area contributed by atoms with Crippen molar-refractivity contribution < 1.29 is 19.5 Å². The molecule has 0 aromatic heterocycles. The molecule has 3 amide bonds. The molecule has 1 fully saturated rings. The zero-order valence-corrected chi connectivity index (χ0v) is 11.1. The van der Waals surface area contributed by atoms with Gasteiger partial charge < -0.3 is 21.1 Å². The van der Waals surface area contributed by atoms with Crippen LogP contribution in [0.4, 0.5) is 4.79 Å². The summed E-state index contributed by atoms with van der Waals surface area (Å²) >= 11 is 0. The molecule has 19 heavy (non-hydrogen) atoms. The summed E-state index contributed by atoms with van der Waals surface area (Å²) in [5.41, 5.74) is 0. The third kappa shape index (κ3) is 6.08. The zero-order valence-electron chi connectivity index (χ0n) is 11.1. The van der Waals surface area contributed by atoms with Crippen LogP contribution in [-0.2, 0) is 9.59 Å². The van der Waals surface area contributed by atoms with Gasteiger partial charge in [0.25, 0.3) is 0 Å². The van der Waals surface area contributed by atoms with E-state index in [1.807, 2.05) is 6.92 Å². The van der Waals surface area contributed by atoms with Gasteiger partial charge in [0.15, 0.2) is 0 Å². The number of hydrogen-bond donors (Lipinski definition) is 4. The summed E-state index contributed by atoms with van der Waals surface area (Å²) in [6, 6.07) is -0.774. The highest BCUT2D eigenvalue weighted by atomic mass is 16.4. The van der Waals surface area contributed by atoms with Crippen LogP contribution in [0.1, 0.15) is 39.0 Å². The van der Waals surface area contributed by atoms with Crippen LogP contribution in [-0.4, -0.2) is 41.6 Å². The third-order valence-electron chi connectivity index (χ3n) is 2.99. The van der Waals surface area contributed by atoms with E-state index in [2.05, 4.69) is 16.0 Å². The average molecular weight is 271 g/mol. The second kappa shape index (κ2) is 7.60. The van der Waals surface area contributed by atoms with Gasteiger partial charge in [-0.1, -0.05) is 13.3 Å². The maximum absolute atomic E-state index is 11.6. The number of carboxylic acid groups (broad SMARTS) is 1. The van der Waals surface area contributed by atoms with Gasteiger partial charge >= 0.3 is 12.0 Å². The number of aliphatic carboxylic acids is 1. The molecule has 108 valence electrons. The number of hydrogen-bond acceptors (Lipinski definition) is 3. The van der Waals surface area contributed by atoms with Gasteiger partial charge in [-0.05, 0) is 12.8 Å². The van der Waals surface area contributed by atoms with Gasteiger partial charge in [-0.3, -0.25) is 9.59 Å². The highest BCUT2D eigenvalue weighted by Crippen LogP contribution is 2.05. The first-order valence-corrected chi connectivity index (χ1v) is 6.56. The van der Waals surface area contributed by atoms with Crippen molar-refractivity contribution in [3.05, 3.63) is 0 Å². The fourth-order valence-electron chi connectivity index (χ4n) is 2.07. The van der Waals surface area contributed by atoms with E-state index in [0.29, 0.717) is 25.8 Å². The zero-order chi connectivity index (χ0) is 14.3. The maximum Gasteiger partial charge on any atom is 0.315 e. The standard InChI is InChI=1S/C12H21N3O4/c1-2-3-8(6-11(17)18)15-12(19)13-7-9-4-5-10(16)14-9/h8-9H,2-7H2,1H3,(H,14,16)(H,17,18)(H2,13,15,19). The predicted molar refractivity (Wildman–Crippen MR) is 68.6 cm³/mol. The monoisotopic (exact) mass is 271 g/mol. The Labute approximate surface area is 112 Å². The number of carbonyl (C=O) groups is 3. The molecule has 0 radical (unpaired) electrons. The van der Waals surface area contributed by atoms with Crippen molar-refractivity contribution >= 4 is 17.9 Å². The van der Waals surface area contributed by atoms with E-state index in [-0.39, 0.29) is 30.4 Å². The Morgan fingerprint density at radius 1 is 1.53 bits per heavy atom. The van der Waals surface area contributed by atoms with Crippen molar-refractivity contribution in [1.82, 2.24) is 16.0 Å². The summed E-state index contributed by atoms with van der Waals surface area (Å²) in [6.07, 6.45) is 2.55. The Bertz CT molecular complexity index is 346. The summed E-state index contributed by atoms with van der Waals surface area (Å²) in [5.74, 6) is -0.927. The van der Waals surface area contributed by atoms with E-state index < -0.39 is 5.97 Å². The van der Waals surface area contributed by atoms with Gasteiger partial charge in [-0.25, -0.2) is 4.79 Å². The van der Waals surface area contributed by atoms with Crippen molar-refractivity contribution in [2.75, 3.05) is 6.54 Å². The lowest BCUT2D eigenvalue weighted by atomic mass is 10.1. The first-order chi connectivity index (χ1) is 9.01. The highest BCUT2D eigenvalue weighted by molar-refractivity contribution is 5.79. The minimum absolute atomic E-state index is 0.00180. The molecule has 0 saturated carbocycles. The van der Waals surface area contributed by atoms with Crippen LogP contribution in [0.2, 0.25) is 0 Å². The Morgan fingerprint density at radius 2 is 2.26 bits per heavy atom. The molecule has 0 aromatic carbocycles. The molecule has 1 aliphatic rings. The predicted octanol–water partition coefficient (Wildman–Crippen LogP) is 0.208. The summed E-state index contributed by atoms with van der Waals surface area (Å²) in [7, 11) is 0. The molecule has 0 aromatic rings. The number of carbonyl (C=O) groups excluding carboxylic acids is 2. The van der Waals surface area contributed by atoms with E-state index in [1.54, 1.807) is 0 Å².